The molecule has 0 saturated carbocycles. The van der Waals surface area contributed by atoms with Gasteiger partial charge >= 0.3 is 6.09 Å². The minimum Gasteiger partial charge on any atom is -0.449 e. The van der Waals surface area contributed by atoms with E-state index in [1.165, 1.54) is 6.42 Å². The minimum absolute atomic E-state index is 0.342. The van der Waals surface area contributed by atoms with Gasteiger partial charge in [0.05, 0.1) is 6.61 Å². The summed E-state index contributed by atoms with van der Waals surface area (Å²) in [4.78, 5) is 13.4. The van der Waals surface area contributed by atoms with E-state index in [0.717, 1.165) is 25.9 Å². The number of likely N-dealkylation sites (tertiary alicyclic amines) is 1. The maximum Gasteiger partial charge on any atom is 0.413 e. The van der Waals surface area contributed by atoms with Crippen LogP contribution in [0.1, 0.15) is 33.1 Å². The summed E-state index contributed by atoms with van der Waals surface area (Å²) in [6.07, 6.45) is 3.09. The summed E-state index contributed by atoms with van der Waals surface area (Å²) in [5.41, 5.74) is 0. The minimum atomic E-state index is -0.440. The Morgan fingerprint density at radius 3 is 2.56 bits per heavy atom. The molecule has 1 N–H and O–H groups in total. The Balaban J connectivity index is 2.24. The molecule has 4 nitrogen and oxygen atoms in total. The van der Waals surface area contributed by atoms with Crippen LogP contribution in [0.15, 0.2) is 0 Å². The lowest BCUT2D eigenvalue weighted by Crippen LogP contribution is -2.45. The summed E-state index contributed by atoms with van der Waals surface area (Å²) in [6, 6.07) is 0. The van der Waals surface area contributed by atoms with Crippen molar-refractivity contribution in [1.29, 1.82) is 0 Å². The first-order valence-electron chi connectivity index (χ1n) is 5.82. The lowest BCUT2D eigenvalue weighted by molar-refractivity contribution is 0.137. The van der Waals surface area contributed by atoms with E-state index in [2.05, 4.69) is 5.32 Å². The molecule has 0 radical (unpaired) electrons. The Hall–Kier alpha value is -0.840. The van der Waals surface area contributed by atoms with Crippen molar-refractivity contribution in [3.8, 4) is 0 Å². The first-order valence-corrected chi connectivity index (χ1v) is 6.23. The Morgan fingerprint density at radius 1 is 1.38 bits per heavy atom. The number of alkyl carbamates (subject to hydrolysis) is 1. The molecule has 1 fully saturated rings. The van der Waals surface area contributed by atoms with Gasteiger partial charge in [0.2, 0.25) is 0 Å². The molecule has 1 heterocycles. The summed E-state index contributed by atoms with van der Waals surface area (Å²) >= 11 is 5.14. The van der Waals surface area contributed by atoms with Crippen molar-refractivity contribution in [3.05, 3.63) is 0 Å². The summed E-state index contributed by atoms with van der Waals surface area (Å²) in [5, 5.41) is 3.10. The average Bonchev–Trinajstić information content (AvgIpc) is 2.27. The first kappa shape index (κ1) is 13.2. The van der Waals surface area contributed by atoms with E-state index >= 15 is 0 Å². The van der Waals surface area contributed by atoms with E-state index in [-0.39, 0.29) is 0 Å². The van der Waals surface area contributed by atoms with Crippen LogP contribution < -0.4 is 5.32 Å². The van der Waals surface area contributed by atoms with E-state index in [1.54, 1.807) is 0 Å². The number of nitrogens with one attached hydrogen (secondary N) is 1. The maximum atomic E-state index is 11.4. The van der Waals surface area contributed by atoms with Crippen molar-refractivity contribution in [2.75, 3.05) is 19.7 Å². The van der Waals surface area contributed by atoms with E-state index in [9.17, 15) is 4.79 Å². The number of hydrogen-bond acceptors (Lipinski definition) is 3. The standard InChI is InChI=1S/C11H20N2O2S/c1-9(2)8-15-11(14)12-10(16)13-6-4-3-5-7-13/h9H,3-8H2,1-2H3,(H,12,14,16). The van der Waals surface area contributed by atoms with Crippen molar-refractivity contribution in [1.82, 2.24) is 10.2 Å². The third kappa shape index (κ3) is 4.79. The Bertz CT molecular complexity index is 250. The third-order valence-electron chi connectivity index (χ3n) is 2.40. The highest BCUT2D eigenvalue weighted by Crippen LogP contribution is 2.08. The highest BCUT2D eigenvalue weighted by molar-refractivity contribution is 7.80. The van der Waals surface area contributed by atoms with Crippen LogP contribution >= 0.6 is 12.2 Å². The second-order valence-electron chi connectivity index (χ2n) is 4.47. The van der Waals surface area contributed by atoms with E-state index in [4.69, 9.17) is 17.0 Å². The molecule has 1 aliphatic heterocycles. The van der Waals surface area contributed by atoms with Crippen molar-refractivity contribution in [2.45, 2.75) is 33.1 Å². The zero-order chi connectivity index (χ0) is 12.0. The zero-order valence-electron chi connectivity index (χ0n) is 9.99. The van der Waals surface area contributed by atoms with Crippen molar-refractivity contribution >= 4 is 23.4 Å². The lowest BCUT2D eigenvalue weighted by Gasteiger charge is -2.28. The number of hydrogen-bond donors (Lipinski definition) is 1. The zero-order valence-corrected chi connectivity index (χ0v) is 10.8. The van der Waals surface area contributed by atoms with Crippen LogP contribution in [0.3, 0.4) is 0 Å². The largest absolute Gasteiger partial charge is 0.449 e. The van der Waals surface area contributed by atoms with Gasteiger partial charge in [0.15, 0.2) is 5.11 Å². The summed E-state index contributed by atoms with van der Waals surface area (Å²) in [6.45, 7) is 6.29. The summed E-state index contributed by atoms with van der Waals surface area (Å²) in [5.74, 6) is 0.342. The van der Waals surface area contributed by atoms with Gasteiger partial charge in [0, 0.05) is 13.1 Å². The molecule has 0 atom stereocenters. The van der Waals surface area contributed by atoms with E-state index in [1.807, 2.05) is 18.7 Å². The Morgan fingerprint density at radius 2 is 2.00 bits per heavy atom. The van der Waals surface area contributed by atoms with Crippen LogP contribution in [-0.2, 0) is 4.74 Å². The van der Waals surface area contributed by atoms with Crippen LogP contribution in [0.25, 0.3) is 0 Å². The SMILES string of the molecule is CC(C)COC(=O)NC(=S)N1CCCCC1. The molecule has 0 aliphatic carbocycles. The molecule has 1 rings (SSSR count). The normalized spacial score (nSPS) is 16.1. The third-order valence-corrected chi connectivity index (χ3v) is 2.76. The van der Waals surface area contributed by atoms with Gasteiger partial charge in [-0.15, -0.1) is 0 Å². The Labute approximate surface area is 102 Å². The molecular formula is C11H20N2O2S. The second kappa shape index (κ2) is 6.68. The topological polar surface area (TPSA) is 41.6 Å². The number of nitrogens with zero attached hydrogens (tertiary/aromatic N) is 1. The van der Waals surface area contributed by atoms with Crippen LogP contribution in [0.5, 0.6) is 0 Å². The van der Waals surface area contributed by atoms with Crippen LogP contribution in [-0.4, -0.2) is 35.8 Å². The summed E-state index contributed by atoms with van der Waals surface area (Å²) in [7, 11) is 0. The van der Waals surface area contributed by atoms with Gasteiger partial charge < -0.3 is 9.64 Å². The van der Waals surface area contributed by atoms with Gasteiger partial charge in [-0.25, -0.2) is 4.79 Å². The van der Waals surface area contributed by atoms with E-state index < -0.39 is 6.09 Å². The van der Waals surface area contributed by atoms with Gasteiger partial charge in [-0.3, -0.25) is 5.32 Å². The molecule has 5 heteroatoms. The highest BCUT2D eigenvalue weighted by Gasteiger charge is 2.15. The monoisotopic (exact) mass is 244 g/mol. The van der Waals surface area contributed by atoms with E-state index in [0.29, 0.717) is 17.6 Å². The van der Waals surface area contributed by atoms with Crippen LogP contribution in [0.2, 0.25) is 0 Å². The van der Waals surface area contributed by atoms with Gasteiger partial charge in [0.1, 0.15) is 0 Å². The predicted octanol–water partition coefficient (Wildman–Crippen LogP) is 2.14. The van der Waals surface area contributed by atoms with Crippen molar-refractivity contribution in [3.63, 3.8) is 0 Å². The molecule has 0 aromatic rings. The fourth-order valence-corrected chi connectivity index (χ4v) is 1.81. The molecule has 92 valence electrons. The van der Waals surface area contributed by atoms with Crippen LogP contribution in [0.4, 0.5) is 4.79 Å². The molecule has 0 spiro atoms. The number of amides is 1. The molecule has 0 unspecified atom stereocenters. The van der Waals surface area contributed by atoms with Gasteiger partial charge in [0.25, 0.3) is 0 Å². The van der Waals surface area contributed by atoms with Gasteiger partial charge in [-0.05, 0) is 37.4 Å². The van der Waals surface area contributed by atoms with Crippen molar-refractivity contribution < 1.29 is 9.53 Å². The van der Waals surface area contributed by atoms with Crippen LogP contribution in [0, 0.1) is 5.92 Å². The smallest absolute Gasteiger partial charge is 0.413 e. The fourth-order valence-electron chi connectivity index (χ4n) is 1.54. The molecule has 16 heavy (non-hydrogen) atoms. The van der Waals surface area contributed by atoms with Gasteiger partial charge in [-0.1, -0.05) is 13.8 Å². The number of carbonyl (C=O) groups excluding carboxylic acids is 1. The number of thiocarbonyl (C=S) groups is 1. The number of rotatable bonds is 2. The second-order valence-corrected chi connectivity index (χ2v) is 4.86. The number of piperidine rings is 1. The molecule has 0 bridgehead atoms. The predicted molar refractivity (Wildman–Crippen MR) is 67.3 cm³/mol. The average molecular weight is 244 g/mol. The highest BCUT2D eigenvalue weighted by atomic mass is 32.1. The molecule has 1 saturated heterocycles. The maximum absolute atomic E-state index is 11.4. The molecule has 1 amide bonds. The lowest BCUT2D eigenvalue weighted by atomic mass is 10.1. The molecule has 1 aliphatic rings. The number of carbonyl (C=O) groups is 1. The summed E-state index contributed by atoms with van der Waals surface area (Å²) < 4.78 is 5.00. The van der Waals surface area contributed by atoms with Gasteiger partial charge in [-0.2, -0.15) is 0 Å². The first-order chi connectivity index (χ1) is 7.59. The fraction of sp³-hybridized carbons (Fsp3) is 0.818. The molecular weight excluding hydrogens is 224 g/mol. The number of ether oxygens (including phenoxy) is 1. The Kier molecular flexibility index (Phi) is 5.52. The van der Waals surface area contributed by atoms with Crippen molar-refractivity contribution in [2.24, 2.45) is 5.92 Å². The molecule has 0 aromatic carbocycles. The molecule has 0 aromatic heterocycles. The quantitative estimate of drug-likeness (QED) is 0.756.